The molecule has 9 heteroatoms. The SMILES string of the molecule is CC(=O)c1ccc(NC(=O)[C@H]2C[C@H](O)CN2S(=O)(=O)c2ccc(Cl)cc2)cc1. The van der Waals surface area contributed by atoms with Crippen LogP contribution in [0.4, 0.5) is 5.69 Å². The molecule has 1 amide bonds. The van der Waals surface area contributed by atoms with Crippen molar-refractivity contribution in [3.05, 3.63) is 59.1 Å². The minimum absolute atomic E-state index is 0.00499. The number of ketones is 1. The smallest absolute Gasteiger partial charge is 0.243 e. The number of nitrogens with zero attached hydrogens (tertiary/aromatic N) is 1. The summed E-state index contributed by atoms with van der Waals surface area (Å²) in [6, 6.07) is 10.8. The summed E-state index contributed by atoms with van der Waals surface area (Å²) in [4.78, 5) is 24.0. The number of amides is 1. The van der Waals surface area contributed by atoms with Gasteiger partial charge in [-0.3, -0.25) is 9.59 Å². The highest BCUT2D eigenvalue weighted by Crippen LogP contribution is 2.28. The fraction of sp³-hybridized carbons (Fsp3) is 0.263. The molecule has 0 spiro atoms. The van der Waals surface area contributed by atoms with Gasteiger partial charge < -0.3 is 10.4 Å². The second-order valence-corrected chi connectivity index (χ2v) is 8.88. The first kappa shape index (κ1) is 20.5. The van der Waals surface area contributed by atoms with E-state index in [2.05, 4.69) is 5.32 Å². The Morgan fingerprint density at radius 2 is 1.71 bits per heavy atom. The quantitative estimate of drug-likeness (QED) is 0.719. The Labute approximate surface area is 168 Å². The Bertz CT molecular complexity index is 990. The zero-order valence-electron chi connectivity index (χ0n) is 15.0. The van der Waals surface area contributed by atoms with Crippen LogP contribution in [0.2, 0.25) is 5.02 Å². The van der Waals surface area contributed by atoms with E-state index in [0.717, 1.165) is 4.31 Å². The van der Waals surface area contributed by atoms with Gasteiger partial charge in [-0.05, 0) is 55.5 Å². The van der Waals surface area contributed by atoms with Gasteiger partial charge in [0.1, 0.15) is 6.04 Å². The molecule has 0 aromatic heterocycles. The second-order valence-electron chi connectivity index (χ2n) is 6.56. The lowest BCUT2D eigenvalue weighted by Gasteiger charge is -2.23. The number of hydrogen-bond acceptors (Lipinski definition) is 5. The first-order valence-corrected chi connectivity index (χ1v) is 10.4. The van der Waals surface area contributed by atoms with Crippen LogP contribution in [0.5, 0.6) is 0 Å². The zero-order chi connectivity index (χ0) is 20.5. The molecular weight excluding hydrogens is 404 g/mol. The van der Waals surface area contributed by atoms with E-state index in [1.165, 1.54) is 31.2 Å². The number of anilines is 1. The van der Waals surface area contributed by atoms with Crippen LogP contribution >= 0.6 is 11.6 Å². The minimum Gasteiger partial charge on any atom is -0.392 e. The number of carbonyl (C=O) groups is 2. The maximum Gasteiger partial charge on any atom is 0.243 e. The van der Waals surface area contributed by atoms with Gasteiger partial charge in [0.15, 0.2) is 5.78 Å². The fourth-order valence-electron chi connectivity index (χ4n) is 3.04. The Balaban J connectivity index is 1.82. The molecule has 0 saturated carbocycles. The lowest BCUT2D eigenvalue weighted by atomic mass is 10.1. The molecule has 148 valence electrons. The number of β-amino-alcohol motifs (C(OH)–C–C–N with tert-alkyl or cyclic N) is 1. The van der Waals surface area contributed by atoms with Crippen molar-refractivity contribution in [1.29, 1.82) is 0 Å². The van der Waals surface area contributed by atoms with E-state index in [1.54, 1.807) is 24.3 Å². The molecule has 2 N–H and O–H groups in total. The molecule has 0 unspecified atom stereocenters. The van der Waals surface area contributed by atoms with Crippen LogP contribution < -0.4 is 5.32 Å². The van der Waals surface area contributed by atoms with Crippen LogP contribution in [-0.2, 0) is 14.8 Å². The topological polar surface area (TPSA) is 104 Å². The van der Waals surface area contributed by atoms with Crippen LogP contribution in [-0.4, -0.2) is 48.2 Å². The van der Waals surface area contributed by atoms with Gasteiger partial charge >= 0.3 is 0 Å². The Kier molecular flexibility index (Phi) is 5.85. The van der Waals surface area contributed by atoms with Gasteiger partial charge in [-0.2, -0.15) is 4.31 Å². The van der Waals surface area contributed by atoms with Gasteiger partial charge in [-0.1, -0.05) is 11.6 Å². The first-order valence-electron chi connectivity index (χ1n) is 8.56. The third-order valence-electron chi connectivity index (χ3n) is 4.52. The summed E-state index contributed by atoms with van der Waals surface area (Å²) < 4.78 is 26.9. The Hall–Kier alpha value is -2.26. The molecule has 2 atom stereocenters. The molecule has 2 aromatic carbocycles. The predicted octanol–water partition coefficient (Wildman–Crippen LogP) is 2.31. The number of aliphatic hydroxyl groups excluding tert-OH is 1. The number of carbonyl (C=O) groups excluding carboxylic acids is 2. The molecule has 1 heterocycles. The highest BCUT2D eigenvalue weighted by Gasteiger charge is 2.43. The van der Waals surface area contributed by atoms with Gasteiger partial charge in [-0.25, -0.2) is 8.42 Å². The highest BCUT2D eigenvalue weighted by atomic mass is 35.5. The Morgan fingerprint density at radius 3 is 2.29 bits per heavy atom. The second kappa shape index (κ2) is 8.00. The number of hydrogen-bond donors (Lipinski definition) is 2. The third kappa shape index (κ3) is 4.25. The lowest BCUT2D eigenvalue weighted by Crippen LogP contribution is -2.43. The van der Waals surface area contributed by atoms with Crippen molar-refractivity contribution in [2.24, 2.45) is 0 Å². The summed E-state index contributed by atoms with van der Waals surface area (Å²) in [5.41, 5.74) is 0.932. The largest absolute Gasteiger partial charge is 0.392 e. The van der Waals surface area contributed by atoms with Gasteiger partial charge in [0.2, 0.25) is 15.9 Å². The molecule has 7 nitrogen and oxygen atoms in total. The fourth-order valence-corrected chi connectivity index (χ4v) is 4.81. The van der Waals surface area contributed by atoms with Crippen molar-refractivity contribution in [1.82, 2.24) is 4.31 Å². The average Bonchev–Trinajstić information content (AvgIpc) is 3.05. The summed E-state index contributed by atoms with van der Waals surface area (Å²) in [7, 11) is -3.98. The number of rotatable bonds is 5. The van der Waals surface area contributed by atoms with Gasteiger partial charge in [0, 0.05) is 29.2 Å². The summed E-state index contributed by atoms with van der Waals surface area (Å²) in [6.45, 7) is 1.26. The van der Waals surface area contributed by atoms with Crippen molar-refractivity contribution >= 4 is 39.0 Å². The molecule has 2 aromatic rings. The van der Waals surface area contributed by atoms with Gasteiger partial charge in [0.25, 0.3) is 0 Å². The van der Waals surface area contributed by atoms with Crippen molar-refractivity contribution in [2.75, 3.05) is 11.9 Å². The van der Waals surface area contributed by atoms with Crippen LogP contribution in [0.3, 0.4) is 0 Å². The van der Waals surface area contributed by atoms with E-state index >= 15 is 0 Å². The lowest BCUT2D eigenvalue weighted by molar-refractivity contribution is -0.119. The minimum atomic E-state index is -3.98. The standard InChI is InChI=1S/C19H19ClN2O5S/c1-12(23)13-2-6-15(7-3-13)21-19(25)18-10-16(24)11-22(18)28(26,27)17-8-4-14(20)5-9-17/h2-9,16,18,24H,10-11H2,1H3,(H,21,25)/t16-,18+/m0/s1. The van der Waals surface area contributed by atoms with Gasteiger partial charge in [-0.15, -0.1) is 0 Å². The summed E-state index contributed by atoms with van der Waals surface area (Å²) in [5.74, 6) is -0.651. The van der Waals surface area contributed by atoms with Crippen molar-refractivity contribution in [3.8, 4) is 0 Å². The molecule has 0 aliphatic carbocycles. The number of halogens is 1. The predicted molar refractivity (Wildman–Crippen MR) is 105 cm³/mol. The van der Waals surface area contributed by atoms with Crippen LogP contribution in [0.25, 0.3) is 0 Å². The van der Waals surface area contributed by atoms with E-state index in [4.69, 9.17) is 11.6 Å². The first-order chi connectivity index (χ1) is 13.2. The van der Waals surface area contributed by atoms with Crippen LogP contribution in [0.15, 0.2) is 53.4 Å². The van der Waals surface area contributed by atoms with Crippen molar-refractivity contribution in [2.45, 2.75) is 30.4 Å². The number of Topliss-reactive ketones (excluding diaryl/α,β-unsaturated/α-hetero) is 1. The number of nitrogens with one attached hydrogen (secondary N) is 1. The third-order valence-corrected chi connectivity index (χ3v) is 6.66. The summed E-state index contributed by atoms with van der Waals surface area (Å²) >= 11 is 5.81. The molecule has 1 saturated heterocycles. The molecule has 1 fully saturated rings. The van der Waals surface area contributed by atoms with Crippen molar-refractivity contribution in [3.63, 3.8) is 0 Å². The monoisotopic (exact) mass is 422 g/mol. The summed E-state index contributed by atoms with van der Waals surface area (Å²) in [5, 5.41) is 13.0. The van der Waals surface area contributed by atoms with Gasteiger partial charge in [0.05, 0.1) is 11.0 Å². The number of aliphatic hydroxyl groups is 1. The van der Waals surface area contributed by atoms with Crippen LogP contribution in [0, 0.1) is 0 Å². The Morgan fingerprint density at radius 1 is 1.11 bits per heavy atom. The molecule has 0 bridgehead atoms. The molecule has 1 aliphatic heterocycles. The van der Waals surface area contributed by atoms with Crippen LogP contribution in [0.1, 0.15) is 23.7 Å². The van der Waals surface area contributed by atoms with E-state index < -0.39 is 28.1 Å². The van der Waals surface area contributed by atoms with E-state index in [1.807, 2.05) is 0 Å². The molecule has 28 heavy (non-hydrogen) atoms. The van der Waals surface area contributed by atoms with E-state index in [-0.39, 0.29) is 23.6 Å². The van der Waals surface area contributed by atoms with Crippen molar-refractivity contribution < 1.29 is 23.1 Å². The van der Waals surface area contributed by atoms with E-state index in [0.29, 0.717) is 16.3 Å². The molecular formula is C19H19ClN2O5S. The number of sulfonamides is 1. The maximum atomic E-state index is 12.9. The zero-order valence-corrected chi connectivity index (χ0v) is 16.6. The van der Waals surface area contributed by atoms with E-state index in [9.17, 15) is 23.1 Å². The maximum absolute atomic E-state index is 12.9. The normalized spacial score (nSPS) is 20.1. The number of benzene rings is 2. The molecule has 1 aliphatic rings. The molecule has 3 rings (SSSR count). The molecule has 0 radical (unpaired) electrons. The highest BCUT2D eigenvalue weighted by molar-refractivity contribution is 7.89. The summed E-state index contributed by atoms with van der Waals surface area (Å²) in [6.07, 6.45) is -0.956. The average molecular weight is 423 g/mol.